The van der Waals surface area contributed by atoms with Crippen molar-refractivity contribution < 1.29 is 14.3 Å². The molecule has 0 unspecified atom stereocenters. The van der Waals surface area contributed by atoms with Gasteiger partial charge < -0.3 is 19.4 Å². The summed E-state index contributed by atoms with van der Waals surface area (Å²) in [6.07, 6.45) is 4.42. The second-order valence-corrected chi connectivity index (χ2v) is 9.51. The summed E-state index contributed by atoms with van der Waals surface area (Å²) < 4.78 is 8.91. The van der Waals surface area contributed by atoms with Crippen molar-refractivity contribution in [2.75, 3.05) is 46.3 Å². The molecule has 3 heterocycles. The molecule has 0 spiro atoms. The fourth-order valence-corrected chi connectivity index (χ4v) is 4.72. The number of benzene rings is 1. The highest BCUT2D eigenvalue weighted by Gasteiger charge is 2.35. The number of carbonyl (C=O) groups excluding carboxylic acids is 2. The number of piperidine rings is 1. The fraction of sp³-hybridized carbons (Fsp3) is 0.522. The molecule has 9 heteroatoms. The van der Waals surface area contributed by atoms with E-state index in [0.29, 0.717) is 25.9 Å². The van der Waals surface area contributed by atoms with Gasteiger partial charge in [0.1, 0.15) is 18.4 Å². The van der Waals surface area contributed by atoms with Gasteiger partial charge in [-0.2, -0.15) is 5.10 Å². The van der Waals surface area contributed by atoms with E-state index in [4.69, 9.17) is 4.74 Å². The minimum atomic E-state index is -0.116. The molecule has 2 aliphatic rings. The minimum Gasteiger partial charge on any atom is -0.490 e. The average Bonchev–Trinajstić information content (AvgIpc) is 3.28. The molecule has 2 fully saturated rings. The number of hydrogen-bond donors (Lipinski definition) is 0. The summed E-state index contributed by atoms with van der Waals surface area (Å²) in [5.74, 6) is 0.883. The Bertz CT molecular complexity index is 914. The van der Waals surface area contributed by atoms with E-state index in [0.717, 1.165) is 36.4 Å². The third kappa shape index (κ3) is 5.89. The van der Waals surface area contributed by atoms with Crippen LogP contribution in [0.2, 0.25) is 0 Å². The Morgan fingerprint density at radius 2 is 1.91 bits per heavy atom. The lowest BCUT2D eigenvalue weighted by Crippen LogP contribution is -2.52. The molecule has 4 rings (SSSR count). The highest BCUT2D eigenvalue weighted by atomic mass is 79.9. The summed E-state index contributed by atoms with van der Waals surface area (Å²) in [6, 6.07) is 9.57. The van der Waals surface area contributed by atoms with E-state index in [9.17, 15) is 9.59 Å². The van der Waals surface area contributed by atoms with Crippen molar-refractivity contribution in [3.05, 3.63) is 47.2 Å². The Hall–Kier alpha value is -2.39. The second kappa shape index (κ2) is 10.5. The Labute approximate surface area is 197 Å². The van der Waals surface area contributed by atoms with Gasteiger partial charge in [0.15, 0.2) is 0 Å². The normalized spacial score (nSPS) is 22.1. The van der Waals surface area contributed by atoms with Crippen molar-refractivity contribution >= 4 is 27.7 Å². The van der Waals surface area contributed by atoms with Crippen LogP contribution in [-0.2, 0) is 16.1 Å². The van der Waals surface area contributed by atoms with Crippen LogP contribution >= 0.6 is 15.9 Å². The number of aromatic nitrogens is 2. The highest BCUT2D eigenvalue weighted by molar-refractivity contribution is 9.10. The topological polar surface area (TPSA) is 70.9 Å². The molecule has 2 aliphatic heterocycles. The largest absolute Gasteiger partial charge is 0.490 e. The quantitative estimate of drug-likeness (QED) is 0.603. The van der Waals surface area contributed by atoms with Crippen molar-refractivity contribution in [3.63, 3.8) is 0 Å². The molecule has 2 aromatic rings. The van der Waals surface area contributed by atoms with Gasteiger partial charge in [0.2, 0.25) is 11.8 Å². The number of likely N-dealkylation sites (tertiary alicyclic amines) is 1. The zero-order valence-electron chi connectivity index (χ0n) is 18.4. The summed E-state index contributed by atoms with van der Waals surface area (Å²) in [4.78, 5) is 32.0. The molecule has 0 aliphatic carbocycles. The molecular formula is C23H30BrN5O3. The maximum atomic E-state index is 13.1. The van der Waals surface area contributed by atoms with E-state index >= 15 is 0 Å². The first-order valence-corrected chi connectivity index (χ1v) is 11.9. The number of ether oxygens (including phenoxy) is 1. The van der Waals surface area contributed by atoms with E-state index in [1.54, 1.807) is 17.1 Å². The third-order valence-electron chi connectivity index (χ3n) is 6.25. The Kier molecular flexibility index (Phi) is 7.47. The van der Waals surface area contributed by atoms with Crippen molar-refractivity contribution in [1.29, 1.82) is 0 Å². The number of likely N-dealkylation sites (N-methyl/N-ethyl adjacent to an activating group) is 1. The van der Waals surface area contributed by atoms with Crippen molar-refractivity contribution in [2.45, 2.75) is 25.5 Å². The van der Waals surface area contributed by atoms with Crippen LogP contribution in [0.5, 0.6) is 5.75 Å². The predicted molar refractivity (Wildman–Crippen MR) is 124 cm³/mol. The Morgan fingerprint density at radius 1 is 1.09 bits per heavy atom. The van der Waals surface area contributed by atoms with Gasteiger partial charge in [0, 0.05) is 74.9 Å². The molecule has 0 N–H and O–H groups in total. The molecule has 172 valence electrons. The van der Waals surface area contributed by atoms with Crippen LogP contribution in [0.1, 0.15) is 12.8 Å². The standard InChI is InChI=1S/C23H30BrN5O3/c1-26-10-12-27(13-11-26)22(30)14-18-16-28(23(31)17-29-8-3-7-25-29)9-6-21(18)32-20-5-2-4-19(24)15-20/h2-5,7-8,15,18,21H,6,9-14,16-17H2,1H3/t18-,21-/m0/s1. The second-order valence-electron chi connectivity index (χ2n) is 8.59. The molecule has 2 amide bonds. The lowest BCUT2D eigenvalue weighted by atomic mass is 9.90. The van der Waals surface area contributed by atoms with Gasteiger partial charge in [0.25, 0.3) is 0 Å². The molecule has 0 saturated carbocycles. The van der Waals surface area contributed by atoms with Crippen LogP contribution in [0.25, 0.3) is 0 Å². The van der Waals surface area contributed by atoms with Crippen molar-refractivity contribution in [1.82, 2.24) is 24.5 Å². The number of piperazine rings is 1. The monoisotopic (exact) mass is 503 g/mol. The summed E-state index contributed by atoms with van der Waals surface area (Å²) >= 11 is 3.49. The van der Waals surface area contributed by atoms with E-state index in [2.05, 4.69) is 33.0 Å². The summed E-state index contributed by atoms with van der Waals surface area (Å²) in [6.45, 7) is 4.62. The van der Waals surface area contributed by atoms with Crippen molar-refractivity contribution in [3.8, 4) is 5.75 Å². The predicted octanol–water partition coefficient (Wildman–Crippen LogP) is 2.11. The van der Waals surface area contributed by atoms with Gasteiger partial charge in [-0.05, 0) is 31.3 Å². The van der Waals surface area contributed by atoms with Crippen LogP contribution in [0.3, 0.4) is 0 Å². The van der Waals surface area contributed by atoms with Crippen LogP contribution < -0.4 is 4.74 Å². The van der Waals surface area contributed by atoms with E-state index in [-0.39, 0.29) is 30.4 Å². The SMILES string of the molecule is CN1CCN(C(=O)C[C@H]2CN(C(=O)Cn3cccn3)CC[C@@H]2Oc2cccc(Br)c2)CC1. The third-order valence-corrected chi connectivity index (χ3v) is 6.74. The highest BCUT2D eigenvalue weighted by Crippen LogP contribution is 2.28. The van der Waals surface area contributed by atoms with Crippen LogP contribution in [0.15, 0.2) is 47.2 Å². The van der Waals surface area contributed by atoms with E-state index in [1.165, 1.54) is 0 Å². The molecule has 0 bridgehead atoms. The van der Waals surface area contributed by atoms with Gasteiger partial charge >= 0.3 is 0 Å². The Balaban J connectivity index is 1.44. The van der Waals surface area contributed by atoms with Crippen LogP contribution in [-0.4, -0.2) is 88.7 Å². The molecule has 2 saturated heterocycles. The first kappa shape index (κ1) is 22.8. The summed E-state index contributed by atoms with van der Waals surface area (Å²) in [7, 11) is 2.08. The number of hydrogen-bond acceptors (Lipinski definition) is 5. The lowest BCUT2D eigenvalue weighted by Gasteiger charge is -2.40. The molecular weight excluding hydrogens is 474 g/mol. The first-order valence-electron chi connectivity index (χ1n) is 11.1. The molecule has 32 heavy (non-hydrogen) atoms. The van der Waals surface area contributed by atoms with Gasteiger partial charge in [0.05, 0.1) is 0 Å². The summed E-state index contributed by atoms with van der Waals surface area (Å²) in [5.41, 5.74) is 0. The minimum absolute atomic E-state index is 0.0200. The summed E-state index contributed by atoms with van der Waals surface area (Å²) in [5, 5.41) is 4.14. The smallest absolute Gasteiger partial charge is 0.244 e. The molecule has 0 radical (unpaired) electrons. The lowest BCUT2D eigenvalue weighted by molar-refractivity contribution is -0.140. The molecule has 8 nitrogen and oxygen atoms in total. The van der Waals surface area contributed by atoms with Gasteiger partial charge in [-0.1, -0.05) is 22.0 Å². The maximum Gasteiger partial charge on any atom is 0.244 e. The number of rotatable bonds is 6. The van der Waals surface area contributed by atoms with E-state index < -0.39 is 0 Å². The average molecular weight is 504 g/mol. The van der Waals surface area contributed by atoms with Crippen LogP contribution in [0.4, 0.5) is 0 Å². The number of halogens is 1. The fourth-order valence-electron chi connectivity index (χ4n) is 4.35. The van der Waals surface area contributed by atoms with Crippen molar-refractivity contribution in [2.24, 2.45) is 5.92 Å². The number of carbonyl (C=O) groups is 2. The molecule has 1 aromatic carbocycles. The van der Waals surface area contributed by atoms with E-state index in [1.807, 2.05) is 40.1 Å². The maximum absolute atomic E-state index is 13.1. The van der Waals surface area contributed by atoms with Gasteiger partial charge in [-0.3, -0.25) is 14.3 Å². The first-order chi connectivity index (χ1) is 15.5. The zero-order chi connectivity index (χ0) is 22.5. The molecule has 1 aromatic heterocycles. The number of nitrogens with zero attached hydrogens (tertiary/aromatic N) is 5. The molecule has 2 atom stereocenters. The van der Waals surface area contributed by atoms with Gasteiger partial charge in [-0.15, -0.1) is 0 Å². The number of amides is 2. The van der Waals surface area contributed by atoms with Crippen LogP contribution in [0, 0.1) is 5.92 Å². The van der Waals surface area contributed by atoms with Gasteiger partial charge in [-0.25, -0.2) is 0 Å². The Morgan fingerprint density at radius 3 is 2.62 bits per heavy atom. The zero-order valence-corrected chi connectivity index (χ0v) is 20.0.